The van der Waals surface area contributed by atoms with Crippen LogP contribution in [0.15, 0.2) is 0 Å². The number of hydrogen-bond donors (Lipinski definition) is 1. The minimum Gasteiger partial charge on any atom is -0.480 e. The molecule has 1 aromatic rings. The lowest BCUT2D eigenvalue weighted by atomic mass is 10.2. The third-order valence-corrected chi connectivity index (χ3v) is 2.80. The summed E-state index contributed by atoms with van der Waals surface area (Å²) < 4.78 is 38.8. The van der Waals surface area contributed by atoms with Gasteiger partial charge in [0, 0.05) is 24.8 Å². The van der Waals surface area contributed by atoms with E-state index >= 15 is 0 Å². The van der Waals surface area contributed by atoms with Crippen LogP contribution >= 0.6 is 0 Å². The molecule has 19 heavy (non-hydrogen) atoms. The molecule has 1 heterocycles. The van der Waals surface area contributed by atoms with Gasteiger partial charge in [-0.3, -0.25) is 14.4 Å². The molecule has 108 valence electrons. The molecular weight excluding hydrogens is 263 g/mol. The van der Waals surface area contributed by atoms with E-state index in [1.165, 1.54) is 0 Å². The molecule has 1 aromatic heterocycles. The van der Waals surface area contributed by atoms with Gasteiger partial charge in [-0.2, -0.15) is 18.3 Å². The highest BCUT2D eigenvalue weighted by Crippen LogP contribution is 2.20. The van der Waals surface area contributed by atoms with Crippen LogP contribution in [0.5, 0.6) is 0 Å². The number of aliphatic carboxylic acids is 1. The normalized spacial score (nSPS) is 12.2. The Morgan fingerprint density at radius 3 is 2.37 bits per heavy atom. The lowest BCUT2D eigenvalue weighted by Gasteiger charge is -2.21. The van der Waals surface area contributed by atoms with Crippen molar-refractivity contribution in [2.75, 3.05) is 13.1 Å². The molecule has 0 unspecified atom stereocenters. The van der Waals surface area contributed by atoms with Gasteiger partial charge in [0.25, 0.3) is 0 Å². The van der Waals surface area contributed by atoms with Crippen LogP contribution in [0.2, 0.25) is 0 Å². The van der Waals surface area contributed by atoms with Crippen LogP contribution in [0.25, 0.3) is 0 Å². The zero-order valence-corrected chi connectivity index (χ0v) is 11.0. The molecule has 8 heteroatoms. The van der Waals surface area contributed by atoms with E-state index in [1.807, 2.05) is 0 Å². The molecule has 0 aliphatic rings. The first-order valence-electron chi connectivity index (χ1n) is 5.60. The standard InChI is InChI=1S/C11H16F3N3O2/c1-7-9(8(2)16(3)15-7)4-17(5-10(18)19)6-11(12,13)14/h4-6H2,1-3H3,(H,18,19). The second-order valence-electron chi connectivity index (χ2n) is 4.43. The van der Waals surface area contributed by atoms with Gasteiger partial charge in [0.05, 0.1) is 18.8 Å². The fourth-order valence-electron chi connectivity index (χ4n) is 1.88. The zero-order valence-electron chi connectivity index (χ0n) is 11.0. The number of hydrogen-bond acceptors (Lipinski definition) is 3. The summed E-state index contributed by atoms with van der Waals surface area (Å²) in [5, 5.41) is 12.8. The van der Waals surface area contributed by atoms with Crippen LogP contribution in [-0.4, -0.2) is 45.0 Å². The maximum Gasteiger partial charge on any atom is 0.401 e. The first kappa shape index (κ1) is 15.5. The fraction of sp³-hybridized carbons (Fsp3) is 0.636. The van der Waals surface area contributed by atoms with Crippen molar-refractivity contribution in [2.45, 2.75) is 26.6 Å². The zero-order chi connectivity index (χ0) is 14.8. The Balaban J connectivity index is 2.90. The summed E-state index contributed by atoms with van der Waals surface area (Å²) in [7, 11) is 1.69. The van der Waals surface area contributed by atoms with Crippen LogP contribution < -0.4 is 0 Å². The summed E-state index contributed by atoms with van der Waals surface area (Å²) in [6.45, 7) is 1.43. The molecule has 0 aromatic carbocycles. The Hall–Kier alpha value is -1.57. The third kappa shape index (κ3) is 4.55. The number of carboxylic acid groups (broad SMARTS) is 1. The highest BCUT2D eigenvalue weighted by atomic mass is 19.4. The van der Waals surface area contributed by atoms with Gasteiger partial charge in [0.1, 0.15) is 0 Å². The van der Waals surface area contributed by atoms with E-state index in [2.05, 4.69) is 5.10 Å². The second-order valence-corrected chi connectivity index (χ2v) is 4.43. The number of carboxylic acids is 1. The monoisotopic (exact) mass is 279 g/mol. The SMILES string of the molecule is Cc1nn(C)c(C)c1CN(CC(=O)O)CC(F)(F)F. The van der Waals surface area contributed by atoms with Crippen LogP contribution in [-0.2, 0) is 18.4 Å². The van der Waals surface area contributed by atoms with Gasteiger partial charge >= 0.3 is 12.1 Å². The molecule has 0 bridgehead atoms. The summed E-state index contributed by atoms with van der Waals surface area (Å²) in [5.41, 5.74) is 1.97. The third-order valence-electron chi connectivity index (χ3n) is 2.80. The van der Waals surface area contributed by atoms with Gasteiger partial charge < -0.3 is 5.11 Å². The molecule has 0 atom stereocenters. The number of halogens is 3. The molecule has 0 aliphatic heterocycles. The van der Waals surface area contributed by atoms with Gasteiger partial charge in [-0.05, 0) is 13.8 Å². The van der Waals surface area contributed by atoms with Gasteiger partial charge in [-0.1, -0.05) is 0 Å². The van der Waals surface area contributed by atoms with Gasteiger partial charge in [0.2, 0.25) is 0 Å². The van der Waals surface area contributed by atoms with Crippen molar-refractivity contribution >= 4 is 5.97 Å². The van der Waals surface area contributed by atoms with E-state index in [-0.39, 0.29) is 6.54 Å². The average Bonchev–Trinajstić information content (AvgIpc) is 2.41. The molecule has 0 saturated carbocycles. The minimum atomic E-state index is -4.43. The molecule has 1 N–H and O–H groups in total. The number of aryl methyl sites for hydroxylation is 2. The second kappa shape index (κ2) is 5.60. The van der Waals surface area contributed by atoms with Gasteiger partial charge in [0.15, 0.2) is 0 Å². The van der Waals surface area contributed by atoms with E-state index in [1.54, 1.807) is 25.6 Å². The minimum absolute atomic E-state index is 0.0860. The van der Waals surface area contributed by atoms with Crippen LogP contribution in [0.3, 0.4) is 0 Å². The maximum absolute atomic E-state index is 12.4. The maximum atomic E-state index is 12.4. The lowest BCUT2D eigenvalue weighted by Crippen LogP contribution is -2.37. The highest BCUT2D eigenvalue weighted by molar-refractivity contribution is 5.69. The Morgan fingerprint density at radius 1 is 1.42 bits per heavy atom. The van der Waals surface area contributed by atoms with Crippen molar-refractivity contribution in [1.29, 1.82) is 0 Å². The van der Waals surface area contributed by atoms with Crippen LogP contribution in [0.1, 0.15) is 17.0 Å². The average molecular weight is 279 g/mol. The molecule has 0 radical (unpaired) electrons. The molecule has 0 amide bonds. The Kier molecular flexibility index (Phi) is 4.56. The lowest BCUT2D eigenvalue weighted by molar-refractivity contribution is -0.154. The van der Waals surface area contributed by atoms with Gasteiger partial charge in [-0.15, -0.1) is 0 Å². The van der Waals surface area contributed by atoms with E-state index in [9.17, 15) is 18.0 Å². The van der Waals surface area contributed by atoms with Crippen molar-refractivity contribution in [3.8, 4) is 0 Å². The topological polar surface area (TPSA) is 58.4 Å². The number of nitrogens with zero attached hydrogens (tertiary/aromatic N) is 3. The van der Waals surface area contributed by atoms with Gasteiger partial charge in [-0.25, -0.2) is 0 Å². The number of rotatable bonds is 5. The van der Waals surface area contributed by atoms with Crippen molar-refractivity contribution < 1.29 is 23.1 Å². The first-order valence-corrected chi connectivity index (χ1v) is 5.60. The van der Waals surface area contributed by atoms with Crippen molar-refractivity contribution in [1.82, 2.24) is 14.7 Å². The fourth-order valence-corrected chi connectivity index (χ4v) is 1.88. The van der Waals surface area contributed by atoms with Crippen molar-refractivity contribution in [2.24, 2.45) is 7.05 Å². The number of carbonyl (C=O) groups is 1. The Labute approximate surface area is 108 Å². The molecular formula is C11H16F3N3O2. The summed E-state index contributed by atoms with van der Waals surface area (Å²) >= 11 is 0. The largest absolute Gasteiger partial charge is 0.480 e. The Bertz CT molecular complexity index is 468. The number of aromatic nitrogens is 2. The predicted octanol–water partition coefficient (Wildman–Crippen LogP) is 1.49. The first-order chi connectivity index (χ1) is 8.60. The summed E-state index contributed by atoms with van der Waals surface area (Å²) in [6, 6.07) is 0. The quantitative estimate of drug-likeness (QED) is 0.887. The predicted molar refractivity (Wildman–Crippen MR) is 61.6 cm³/mol. The summed E-state index contributed by atoms with van der Waals surface area (Å²) in [6.07, 6.45) is -4.43. The molecule has 0 aliphatic carbocycles. The van der Waals surface area contributed by atoms with Crippen molar-refractivity contribution in [3.05, 3.63) is 17.0 Å². The molecule has 0 fully saturated rings. The molecule has 5 nitrogen and oxygen atoms in total. The van der Waals surface area contributed by atoms with Crippen LogP contribution in [0, 0.1) is 13.8 Å². The van der Waals surface area contributed by atoms with E-state index in [0.717, 1.165) is 10.6 Å². The van der Waals surface area contributed by atoms with Crippen molar-refractivity contribution in [3.63, 3.8) is 0 Å². The molecule has 0 spiro atoms. The summed E-state index contributed by atoms with van der Waals surface area (Å²) in [5.74, 6) is -1.29. The van der Waals surface area contributed by atoms with E-state index in [4.69, 9.17) is 5.11 Å². The highest BCUT2D eigenvalue weighted by Gasteiger charge is 2.32. The van der Waals surface area contributed by atoms with E-state index < -0.39 is 25.2 Å². The smallest absolute Gasteiger partial charge is 0.401 e. The van der Waals surface area contributed by atoms with Crippen LogP contribution in [0.4, 0.5) is 13.2 Å². The van der Waals surface area contributed by atoms with E-state index in [0.29, 0.717) is 11.3 Å². The summed E-state index contributed by atoms with van der Waals surface area (Å²) in [4.78, 5) is 11.5. The Morgan fingerprint density at radius 2 is 2.00 bits per heavy atom. The number of alkyl halides is 3. The molecule has 0 saturated heterocycles. The molecule has 1 rings (SSSR count).